The molecule has 2 heterocycles. The Hall–Kier alpha value is -3.43. The summed E-state index contributed by atoms with van der Waals surface area (Å²) >= 11 is 0. The topological polar surface area (TPSA) is 103 Å². The number of carbonyl (C=O) groups is 1. The highest BCUT2D eigenvalue weighted by Crippen LogP contribution is 2.29. The number of aryl methyl sites for hydroxylation is 1. The molecule has 1 aliphatic heterocycles. The number of nitrogens with zero attached hydrogens (tertiary/aromatic N) is 4. The fraction of sp³-hybridized carbons (Fsp3) is 0.423. The highest BCUT2D eigenvalue weighted by Gasteiger charge is 2.18. The van der Waals surface area contributed by atoms with E-state index in [2.05, 4.69) is 59.6 Å². The number of hydrogen-bond acceptors (Lipinski definition) is 7. The quantitative estimate of drug-likeness (QED) is 0.560. The van der Waals surface area contributed by atoms with Crippen LogP contribution in [0.5, 0.6) is 0 Å². The predicted molar refractivity (Wildman–Crippen MR) is 140 cm³/mol. The van der Waals surface area contributed by atoms with Crippen LogP contribution in [0.2, 0.25) is 0 Å². The monoisotopic (exact) mass is 480 g/mol. The van der Waals surface area contributed by atoms with E-state index in [9.17, 15) is 14.7 Å². The van der Waals surface area contributed by atoms with E-state index >= 15 is 0 Å². The number of aromatic nitrogens is 2. The predicted octanol–water partition coefficient (Wildman–Crippen LogP) is 2.76. The summed E-state index contributed by atoms with van der Waals surface area (Å²) in [6.07, 6.45) is 2.95. The van der Waals surface area contributed by atoms with Crippen molar-refractivity contribution in [3.8, 4) is 11.3 Å². The molecule has 1 aliphatic rings. The Morgan fingerprint density at radius 3 is 2.54 bits per heavy atom. The summed E-state index contributed by atoms with van der Waals surface area (Å²) in [4.78, 5) is 29.2. The second-order valence-electron chi connectivity index (χ2n) is 9.01. The molecule has 3 N–H and O–H groups in total. The normalized spacial score (nSPS) is 16.3. The largest absolute Gasteiger partial charge is 0.392 e. The number of allylic oxidation sites excluding steroid dienone is 2. The van der Waals surface area contributed by atoms with E-state index in [0.717, 1.165) is 37.3 Å². The fourth-order valence-electron chi connectivity index (χ4n) is 4.00. The Morgan fingerprint density at radius 1 is 1.14 bits per heavy atom. The average molecular weight is 481 g/mol. The molecule has 9 nitrogen and oxygen atoms in total. The minimum Gasteiger partial charge on any atom is -0.392 e. The van der Waals surface area contributed by atoms with Gasteiger partial charge in [-0.1, -0.05) is 24.6 Å². The number of hydrogen-bond donors (Lipinski definition) is 3. The lowest BCUT2D eigenvalue weighted by atomic mass is 10.0. The zero-order valence-corrected chi connectivity index (χ0v) is 21.5. The number of rotatable bonds is 7. The van der Waals surface area contributed by atoms with E-state index in [1.165, 1.54) is 17.3 Å². The summed E-state index contributed by atoms with van der Waals surface area (Å²) in [5, 5.41) is 20.6. The van der Waals surface area contributed by atoms with Gasteiger partial charge < -0.3 is 20.6 Å². The maximum absolute atomic E-state index is 13.0. The van der Waals surface area contributed by atoms with Crippen LogP contribution in [0, 0.1) is 0 Å². The number of amides is 1. The Labute approximate surface area is 206 Å². The lowest BCUT2D eigenvalue weighted by Crippen LogP contribution is -2.40. The molecule has 1 saturated heterocycles. The first-order chi connectivity index (χ1) is 16.6. The van der Waals surface area contributed by atoms with Gasteiger partial charge in [-0.15, -0.1) is 0 Å². The minimum absolute atomic E-state index is 0.233. The average Bonchev–Trinajstić information content (AvgIpc) is 2.82. The van der Waals surface area contributed by atoms with Gasteiger partial charge in [-0.2, -0.15) is 5.10 Å². The molecule has 9 heteroatoms. The molecule has 2 aromatic rings. The van der Waals surface area contributed by atoms with Crippen molar-refractivity contribution in [2.45, 2.75) is 33.8 Å². The van der Waals surface area contributed by atoms with E-state index < -0.39 is 0 Å². The molecule has 0 radical (unpaired) electrons. The Bertz CT molecular complexity index is 1210. The van der Waals surface area contributed by atoms with Gasteiger partial charge in [-0.3, -0.25) is 14.5 Å². The lowest BCUT2D eigenvalue weighted by molar-refractivity contribution is -0.114. The Balaban J connectivity index is 2.08. The van der Waals surface area contributed by atoms with Crippen LogP contribution in [0.3, 0.4) is 0 Å². The number of anilines is 2. The SMILES string of the molecule is CCC(C)=C(/C=C1/CN(C)CCN1C)Nc1cc(-c2cccc(NC(C)=O)c2CO)nn(C)c1=O. The van der Waals surface area contributed by atoms with Crippen LogP contribution in [0.1, 0.15) is 32.8 Å². The highest BCUT2D eigenvalue weighted by molar-refractivity contribution is 5.91. The fourth-order valence-corrected chi connectivity index (χ4v) is 4.00. The number of nitrogens with one attached hydrogen (secondary N) is 2. The van der Waals surface area contributed by atoms with E-state index in [1.54, 1.807) is 25.2 Å². The maximum Gasteiger partial charge on any atom is 0.290 e. The van der Waals surface area contributed by atoms with Gasteiger partial charge in [0.15, 0.2) is 0 Å². The zero-order chi connectivity index (χ0) is 25.7. The molecule has 1 fully saturated rings. The van der Waals surface area contributed by atoms with Crippen LogP contribution >= 0.6 is 0 Å². The van der Waals surface area contributed by atoms with Gasteiger partial charge in [0.25, 0.3) is 5.56 Å². The molecular weight excluding hydrogens is 444 g/mol. The third-order valence-electron chi connectivity index (χ3n) is 6.29. The molecule has 0 bridgehead atoms. The van der Waals surface area contributed by atoms with Crippen LogP contribution in [0.25, 0.3) is 11.3 Å². The molecule has 0 spiro atoms. The number of benzene rings is 1. The van der Waals surface area contributed by atoms with E-state index in [4.69, 9.17) is 0 Å². The van der Waals surface area contributed by atoms with Crippen LogP contribution in [-0.4, -0.2) is 64.3 Å². The summed E-state index contributed by atoms with van der Waals surface area (Å²) in [6.45, 7) is 8.05. The van der Waals surface area contributed by atoms with Gasteiger partial charge in [0.05, 0.1) is 12.3 Å². The maximum atomic E-state index is 13.0. The first kappa shape index (κ1) is 26.2. The molecule has 0 aliphatic carbocycles. The molecule has 0 atom stereocenters. The number of aliphatic hydroxyl groups is 1. The van der Waals surface area contributed by atoms with Crippen molar-refractivity contribution in [2.24, 2.45) is 7.05 Å². The standard InChI is InChI=1S/C26H36N6O3/c1-7-17(2)23(13-19-15-30(4)11-12-31(19)5)28-25-14-24(29-32(6)26(25)35)20-9-8-10-22(21(20)16-33)27-18(3)34/h8-10,13-14,28,33H,7,11-12,15-16H2,1-6H3,(H,27,34)/b19-13-,23-17?. The van der Waals surface area contributed by atoms with Crippen LogP contribution in [0.4, 0.5) is 11.4 Å². The molecule has 1 aromatic heterocycles. The number of carbonyl (C=O) groups excluding carboxylic acids is 1. The van der Waals surface area contributed by atoms with Crippen molar-refractivity contribution >= 4 is 17.3 Å². The minimum atomic E-state index is -0.287. The highest BCUT2D eigenvalue weighted by atomic mass is 16.3. The van der Waals surface area contributed by atoms with Gasteiger partial charge in [0.2, 0.25) is 5.91 Å². The van der Waals surface area contributed by atoms with Crippen LogP contribution in [0.15, 0.2) is 52.1 Å². The van der Waals surface area contributed by atoms with E-state index in [1.807, 2.05) is 6.07 Å². The summed E-state index contributed by atoms with van der Waals surface area (Å²) in [7, 11) is 5.79. The Kier molecular flexibility index (Phi) is 8.48. The molecule has 0 unspecified atom stereocenters. The van der Waals surface area contributed by atoms with Gasteiger partial charge in [0.1, 0.15) is 5.69 Å². The van der Waals surface area contributed by atoms with E-state index in [-0.39, 0.29) is 18.1 Å². The van der Waals surface area contributed by atoms with Crippen molar-refractivity contribution in [2.75, 3.05) is 44.4 Å². The lowest BCUT2D eigenvalue weighted by Gasteiger charge is -2.34. The summed E-state index contributed by atoms with van der Waals surface area (Å²) in [5.41, 5.74) is 5.52. The summed E-state index contributed by atoms with van der Waals surface area (Å²) in [5.74, 6) is -0.233. The van der Waals surface area contributed by atoms with Crippen molar-refractivity contribution in [1.29, 1.82) is 0 Å². The molecular formula is C26H36N6O3. The van der Waals surface area contributed by atoms with Gasteiger partial charge in [-0.05, 0) is 38.6 Å². The molecule has 0 saturated carbocycles. The molecule has 1 amide bonds. The third-order valence-corrected chi connectivity index (χ3v) is 6.29. The molecule has 1 aromatic carbocycles. The molecule has 3 rings (SSSR count). The first-order valence-corrected chi connectivity index (χ1v) is 11.8. The first-order valence-electron chi connectivity index (χ1n) is 11.8. The molecule has 188 valence electrons. The summed E-state index contributed by atoms with van der Waals surface area (Å²) in [6, 6.07) is 7.03. The van der Waals surface area contributed by atoms with Crippen LogP contribution in [-0.2, 0) is 18.4 Å². The Morgan fingerprint density at radius 2 is 1.89 bits per heavy atom. The van der Waals surface area contributed by atoms with Crippen molar-refractivity contribution in [3.63, 3.8) is 0 Å². The van der Waals surface area contributed by atoms with E-state index in [0.29, 0.717) is 28.2 Å². The van der Waals surface area contributed by atoms with Crippen molar-refractivity contribution in [1.82, 2.24) is 19.6 Å². The van der Waals surface area contributed by atoms with Gasteiger partial charge in [-0.25, -0.2) is 4.68 Å². The molecule has 35 heavy (non-hydrogen) atoms. The second-order valence-corrected chi connectivity index (χ2v) is 9.01. The van der Waals surface area contributed by atoms with Gasteiger partial charge in [0, 0.05) is 68.9 Å². The van der Waals surface area contributed by atoms with Crippen molar-refractivity contribution in [3.05, 3.63) is 63.2 Å². The summed E-state index contributed by atoms with van der Waals surface area (Å²) < 4.78 is 1.29. The van der Waals surface area contributed by atoms with Crippen LogP contribution < -0.4 is 16.2 Å². The smallest absolute Gasteiger partial charge is 0.290 e. The number of piperazine rings is 1. The van der Waals surface area contributed by atoms with Crippen molar-refractivity contribution < 1.29 is 9.90 Å². The second kappa shape index (κ2) is 11.3. The number of likely N-dealkylation sites (N-methyl/N-ethyl adjacent to an activating group) is 2. The van der Waals surface area contributed by atoms with Gasteiger partial charge >= 0.3 is 0 Å². The number of aliphatic hydroxyl groups excluding tert-OH is 1. The zero-order valence-electron chi connectivity index (χ0n) is 21.5. The third kappa shape index (κ3) is 6.17.